The van der Waals surface area contributed by atoms with Gasteiger partial charge in [-0.15, -0.1) is 0 Å². The van der Waals surface area contributed by atoms with Crippen LogP contribution < -0.4 is 0 Å². The van der Waals surface area contributed by atoms with Gasteiger partial charge >= 0.3 is 0 Å². The van der Waals surface area contributed by atoms with Crippen molar-refractivity contribution in [1.29, 1.82) is 0 Å². The highest BCUT2D eigenvalue weighted by molar-refractivity contribution is 6.31. The minimum absolute atomic E-state index is 0.0279. The van der Waals surface area contributed by atoms with Gasteiger partial charge in [0.2, 0.25) is 0 Å². The van der Waals surface area contributed by atoms with Crippen LogP contribution in [-0.2, 0) is 0 Å². The molecule has 0 aliphatic rings. The summed E-state index contributed by atoms with van der Waals surface area (Å²) in [5, 5.41) is 12.8. The van der Waals surface area contributed by atoms with E-state index in [2.05, 4.69) is 9.97 Å². The van der Waals surface area contributed by atoms with Crippen molar-refractivity contribution in [2.45, 2.75) is 0 Å². The Morgan fingerprint density at radius 3 is 2.38 bits per heavy atom. The minimum Gasteiger partial charge on any atom is -0.258 e. The number of aromatic nitrogens is 2. The Hall–Kier alpha value is -3.31. The smallest absolute Gasteiger partial charge is 0.258 e. The van der Waals surface area contributed by atoms with Crippen molar-refractivity contribution in [3.8, 4) is 22.6 Å². The number of benzene rings is 3. The van der Waals surface area contributed by atoms with Crippen molar-refractivity contribution in [1.82, 2.24) is 9.97 Å². The first-order chi connectivity index (χ1) is 12.6. The number of hydrogen-bond acceptors (Lipinski definition) is 4. The summed E-state index contributed by atoms with van der Waals surface area (Å²) < 4.78 is 0. The van der Waals surface area contributed by atoms with Gasteiger partial charge in [-0.05, 0) is 24.3 Å². The van der Waals surface area contributed by atoms with E-state index in [9.17, 15) is 10.1 Å². The zero-order chi connectivity index (χ0) is 18.1. The highest BCUT2D eigenvalue weighted by atomic mass is 35.5. The molecule has 0 bridgehead atoms. The summed E-state index contributed by atoms with van der Waals surface area (Å²) in [6, 6.07) is 21.4. The van der Waals surface area contributed by atoms with E-state index in [1.165, 1.54) is 6.07 Å². The number of nitrogens with zero attached hydrogens (tertiary/aromatic N) is 3. The zero-order valence-corrected chi connectivity index (χ0v) is 14.2. The number of para-hydroxylation sites is 1. The zero-order valence-electron chi connectivity index (χ0n) is 13.5. The van der Waals surface area contributed by atoms with E-state index >= 15 is 0 Å². The number of fused-ring (bicyclic) bond motifs is 1. The molecule has 0 spiro atoms. The highest BCUT2D eigenvalue weighted by Gasteiger charge is 2.19. The van der Waals surface area contributed by atoms with Crippen LogP contribution in [0.2, 0.25) is 5.02 Å². The molecule has 1 heterocycles. The third kappa shape index (κ3) is 2.89. The highest BCUT2D eigenvalue weighted by Crippen LogP contribution is 2.33. The second kappa shape index (κ2) is 6.54. The van der Waals surface area contributed by atoms with Gasteiger partial charge in [0.05, 0.1) is 21.7 Å². The fourth-order valence-corrected chi connectivity index (χ4v) is 3.03. The maximum absolute atomic E-state index is 11.4. The summed E-state index contributed by atoms with van der Waals surface area (Å²) in [5.74, 6) is 0.311. The average molecular weight is 362 g/mol. The summed E-state index contributed by atoms with van der Waals surface area (Å²) in [6.07, 6.45) is 0. The van der Waals surface area contributed by atoms with Crippen molar-refractivity contribution in [3.05, 3.63) is 87.9 Å². The summed E-state index contributed by atoms with van der Waals surface area (Å²) in [7, 11) is 0. The largest absolute Gasteiger partial charge is 0.280 e. The van der Waals surface area contributed by atoms with E-state index in [1.54, 1.807) is 30.3 Å². The number of nitro groups is 1. The van der Waals surface area contributed by atoms with Gasteiger partial charge < -0.3 is 0 Å². The number of hydrogen-bond donors (Lipinski definition) is 0. The molecule has 1 aromatic heterocycles. The normalized spacial score (nSPS) is 10.8. The van der Waals surface area contributed by atoms with Crippen molar-refractivity contribution >= 4 is 28.2 Å². The topological polar surface area (TPSA) is 68.9 Å². The van der Waals surface area contributed by atoms with Crippen molar-refractivity contribution < 1.29 is 4.92 Å². The Balaban J connectivity index is 2.05. The van der Waals surface area contributed by atoms with Crippen LogP contribution in [0.1, 0.15) is 0 Å². The molecule has 0 aliphatic carbocycles. The Bertz CT molecular complexity index is 1130. The molecule has 5 nitrogen and oxygen atoms in total. The SMILES string of the molecule is O=[N+]([O-])c1ccccc1-c1nc(-c2ccccc2)c2cc(Cl)ccc2n1. The predicted molar refractivity (Wildman–Crippen MR) is 102 cm³/mol. The molecular weight excluding hydrogens is 350 g/mol. The number of rotatable bonds is 3. The summed E-state index contributed by atoms with van der Waals surface area (Å²) >= 11 is 6.16. The molecule has 4 rings (SSSR count). The van der Waals surface area contributed by atoms with E-state index in [-0.39, 0.29) is 5.69 Å². The molecule has 0 N–H and O–H groups in total. The summed E-state index contributed by atoms with van der Waals surface area (Å²) in [5.41, 5.74) is 2.61. The third-order valence-electron chi connectivity index (χ3n) is 4.05. The first-order valence-corrected chi connectivity index (χ1v) is 8.28. The molecule has 126 valence electrons. The van der Waals surface area contributed by atoms with Gasteiger partial charge in [-0.3, -0.25) is 10.1 Å². The molecule has 3 aromatic carbocycles. The van der Waals surface area contributed by atoms with Crippen molar-refractivity contribution in [3.63, 3.8) is 0 Å². The molecule has 4 aromatic rings. The lowest BCUT2D eigenvalue weighted by molar-refractivity contribution is -0.384. The van der Waals surface area contributed by atoms with Crippen LogP contribution in [0.15, 0.2) is 72.8 Å². The molecule has 0 amide bonds. The van der Waals surface area contributed by atoms with E-state index in [0.29, 0.717) is 27.6 Å². The van der Waals surface area contributed by atoms with Gasteiger partial charge in [-0.25, -0.2) is 9.97 Å². The van der Waals surface area contributed by atoms with Crippen LogP contribution in [0.4, 0.5) is 5.69 Å². The van der Waals surface area contributed by atoms with Crippen LogP contribution in [0.5, 0.6) is 0 Å². The predicted octanol–water partition coefficient (Wildman–Crippen LogP) is 5.53. The standard InChI is InChI=1S/C20H12ClN3O2/c21-14-10-11-17-16(12-14)19(13-6-2-1-3-7-13)23-20(22-17)15-8-4-5-9-18(15)24(25)26/h1-12H. The van der Waals surface area contributed by atoms with Crippen molar-refractivity contribution in [2.24, 2.45) is 0 Å². The van der Waals surface area contributed by atoms with E-state index in [1.807, 2.05) is 36.4 Å². The van der Waals surface area contributed by atoms with Crippen LogP contribution in [0.3, 0.4) is 0 Å². The van der Waals surface area contributed by atoms with Crippen LogP contribution in [0, 0.1) is 10.1 Å². The van der Waals surface area contributed by atoms with Crippen LogP contribution in [-0.4, -0.2) is 14.9 Å². The lowest BCUT2D eigenvalue weighted by Gasteiger charge is -2.10. The Morgan fingerprint density at radius 2 is 1.62 bits per heavy atom. The van der Waals surface area contributed by atoms with Gasteiger partial charge in [-0.2, -0.15) is 0 Å². The Morgan fingerprint density at radius 1 is 0.885 bits per heavy atom. The maximum atomic E-state index is 11.4. The fourth-order valence-electron chi connectivity index (χ4n) is 2.86. The second-order valence-electron chi connectivity index (χ2n) is 5.70. The van der Waals surface area contributed by atoms with Gasteiger partial charge in [0.25, 0.3) is 5.69 Å². The fraction of sp³-hybridized carbons (Fsp3) is 0. The van der Waals surface area contributed by atoms with Gasteiger partial charge in [0, 0.05) is 22.0 Å². The molecule has 0 fully saturated rings. The molecule has 6 heteroatoms. The average Bonchev–Trinajstić information content (AvgIpc) is 2.68. The van der Waals surface area contributed by atoms with E-state index in [4.69, 9.17) is 11.6 Å². The quantitative estimate of drug-likeness (QED) is 0.355. The molecule has 0 atom stereocenters. The Labute approximate surface area is 154 Å². The molecule has 26 heavy (non-hydrogen) atoms. The maximum Gasteiger partial charge on any atom is 0.280 e. The number of nitro benzene ring substituents is 1. The van der Waals surface area contributed by atoms with Crippen LogP contribution in [0.25, 0.3) is 33.5 Å². The lowest BCUT2D eigenvalue weighted by Crippen LogP contribution is -1.98. The second-order valence-corrected chi connectivity index (χ2v) is 6.13. The van der Waals surface area contributed by atoms with Crippen molar-refractivity contribution in [2.75, 3.05) is 0 Å². The van der Waals surface area contributed by atoms with E-state index in [0.717, 1.165) is 10.9 Å². The number of halogens is 1. The third-order valence-corrected chi connectivity index (χ3v) is 4.28. The van der Waals surface area contributed by atoms with Gasteiger partial charge in [0.15, 0.2) is 5.82 Å². The monoisotopic (exact) mass is 361 g/mol. The minimum atomic E-state index is -0.424. The van der Waals surface area contributed by atoms with Crippen LogP contribution >= 0.6 is 11.6 Å². The lowest BCUT2D eigenvalue weighted by atomic mass is 10.1. The molecule has 0 radical (unpaired) electrons. The molecule has 0 aliphatic heterocycles. The van der Waals surface area contributed by atoms with Gasteiger partial charge in [-0.1, -0.05) is 54.1 Å². The van der Waals surface area contributed by atoms with Gasteiger partial charge in [0.1, 0.15) is 0 Å². The molecule has 0 saturated carbocycles. The summed E-state index contributed by atoms with van der Waals surface area (Å²) in [6.45, 7) is 0. The van der Waals surface area contributed by atoms with E-state index < -0.39 is 4.92 Å². The Kier molecular flexibility index (Phi) is 4.07. The summed E-state index contributed by atoms with van der Waals surface area (Å²) in [4.78, 5) is 20.2. The molecule has 0 saturated heterocycles. The molecular formula is C20H12ClN3O2. The first kappa shape index (κ1) is 16.2. The first-order valence-electron chi connectivity index (χ1n) is 7.90. The molecule has 0 unspecified atom stereocenters.